The van der Waals surface area contributed by atoms with Gasteiger partial charge in [0.15, 0.2) is 11.5 Å². The largest absolute Gasteiger partial charge is 0.457 e. The van der Waals surface area contributed by atoms with Crippen LogP contribution >= 0.6 is 0 Å². The van der Waals surface area contributed by atoms with E-state index in [0.29, 0.717) is 27.9 Å². The first-order valence-corrected chi connectivity index (χ1v) is 11.9. The van der Waals surface area contributed by atoms with Crippen molar-refractivity contribution in [2.24, 2.45) is 0 Å². The van der Waals surface area contributed by atoms with Gasteiger partial charge in [-0.1, -0.05) is 30.8 Å². The Hall–Kier alpha value is -4.39. The number of esters is 2. The van der Waals surface area contributed by atoms with E-state index in [9.17, 15) is 14.4 Å². The van der Waals surface area contributed by atoms with Gasteiger partial charge in [-0.25, -0.2) is 9.59 Å². The van der Waals surface area contributed by atoms with Gasteiger partial charge in [0.05, 0.1) is 23.2 Å². The Morgan fingerprint density at radius 2 is 1.86 bits per heavy atom. The van der Waals surface area contributed by atoms with Crippen molar-refractivity contribution in [2.75, 3.05) is 0 Å². The predicted molar refractivity (Wildman–Crippen MR) is 140 cm³/mol. The molecule has 1 unspecified atom stereocenters. The summed E-state index contributed by atoms with van der Waals surface area (Å²) in [5.74, 6) is -1.07. The maximum absolute atomic E-state index is 13.5. The summed E-state index contributed by atoms with van der Waals surface area (Å²) < 4.78 is 17.6. The maximum Gasteiger partial charge on any atom is 0.360 e. The molecule has 0 spiro atoms. The average Bonchev–Trinajstić information content (AvgIpc) is 3.20. The lowest BCUT2D eigenvalue weighted by Gasteiger charge is -2.34. The Balaban J connectivity index is 1.84. The first kappa shape index (κ1) is 24.3. The number of allylic oxidation sites excluding steroid dienone is 1. The van der Waals surface area contributed by atoms with Gasteiger partial charge in [0, 0.05) is 11.6 Å². The van der Waals surface area contributed by atoms with Crippen molar-refractivity contribution >= 4 is 40.3 Å². The van der Waals surface area contributed by atoms with E-state index in [1.165, 1.54) is 6.92 Å². The minimum absolute atomic E-state index is 0.0180. The number of fused-ring (bicyclic) bond motifs is 7. The number of hydrogen-bond acceptors (Lipinski definition) is 7. The molecule has 2 aliphatic heterocycles. The highest BCUT2D eigenvalue weighted by Gasteiger charge is 2.41. The summed E-state index contributed by atoms with van der Waals surface area (Å²) in [7, 11) is 0. The number of hydrogen-bond donors (Lipinski definition) is 0. The summed E-state index contributed by atoms with van der Waals surface area (Å²) in [6.45, 7) is 12.5. The van der Waals surface area contributed by atoms with Gasteiger partial charge in [-0.15, -0.1) is 0 Å². The molecule has 0 bridgehead atoms. The van der Waals surface area contributed by atoms with Crippen LogP contribution in [0.25, 0.3) is 22.6 Å². The van der Waals surface area contributed by atoms with E-state index < -0.39 is 23.6 Å². The molecule has 1 atom stereocenters. The van der Waals surface area contributed by atoms with Crippen molar-refractivity contribution < 1.29 is 28.3 Å². The van der Waals surface area contributed by atoms with Gasteiger partial charge in [-0.3, -0.25) is 4.79 Å². The first-order valence-electron chi connectivity index (χ1n) is 11.9. The molecule has 188 valence electrons. The Labute approximate surface area is 214 Å². The van der Waals surface area contributed by atoms with E-state index in [1.807, 2.05) is 43.3 Å². The van der Waals surface area contributed by atoms with Crippen LogP contribution in [0.3, 0.4) is 0 Å². The topological polar surface area (TPSA) is 86.0 Å². The van der Waals surface area contributed by atoms with Crippen LogP contribution in [0.15, 0.2) is 65.4 Å². The van der Waals surface area contributed by atoms with Crippen LogP contribution in [-0.2, 0) is 14.3 Å². The maximum atomic E-state index is 13.5. The van der Waals surface area contributed by atoms with Gasteiger partial charge in [0.1, 0.15) is 22.6 Å². The van der Waals surface area contributed by atoms with E-state index in [-0.39, 0.29) is 22.8 Å². The predicted octanol–water partition coefficient (Wildman–Crippen LogP) is 6.19. The van der Waals surface area contributed by atoms with Gasteiger partial charge < -0.3 is 18.8 Å². The molecule has 5 rings (SSSR count). The van der Waals surface area contributed by atoms with Gasteiger partial charge >= 0.3 is 11.9 Å². The molecule has 37 heavy (non-hydrogen) atoms. The second-order valence-electron chi connectivity index (χ2n) is 10.2. The molecule has 0 N–H and O–H groups in total. The Morgan fingerprint density at radius 1 is 1.14 bits per heavy atom. The Bertz CT molecular complexity index is 1560. The number of carbonyl (C=O) groups is 3. The molecule has 7 nitrogen and oxygen atoms in total. The van der Waals surface area contributed by atoms with E-state index in [1.54, 1.807) is 37.9 Å². The van der Waals surface area contributed by atoms with Gasteiger partial charge in [0.25, 0.3) is 0 Å². The minimum atomic E-state index is -0.785. The minimum Gasteiger partial charge on any atom is -0.457 e. The number of rotatable bonds is 3. The van der Waals surface area contributed by atoms with Crippen molar-refractivity contribution in [3.63, 3.8) is 0 Å². The molecular formula is C30H27NO6. The lowest BCUT2D eigenvalue weighted by molar-refractivity contribution is -0.149. The van der Waals surface area contributed by atoms with E-state index in [4.69, 9.17) is 13.9 Å². The third kappa shape index (κ3) is 4.27. The number of nitrogens with zero attached hydrogens (tertiary/aromatic N) is 1. The van der Waals surface area contributed by atoms with Crippen molar-refractivity contribution in [1.29, 1.82) is 0 Å². The third-order valence-corrected chi connectivity index (χ3v) is 6.19. The summed E-state index contributed by atoms with van der Waals surface area (Å²) >= 11 is 0. The number of carbonyl (C=O) groups excluding carboxylic acids is 3. The summed E-state index contributed by atoms with van der Waals surface area (Å²) in [6, 6.07) is 10.6. The van der Waals surface area contributed by atoms with Crippen molar-refractivity contribution in [2.45, 2.75) is 46.3 Å². The zero-order valence-electron chi connectivity index (χ0n) is 21.4. The number of ketones is 1. The monoisotopic (exact) mass is 497 g/mol. The molecule has 1 aromatic heterocycles. The fourth-order valence-corrected chi connectivity index (χ4v) is 4.67. The quantitative estimate of drug-likeness (QED) is 0.185. The molecule has 0 radical (unpaired) electrons. The summed E-state index contributed by atoms with van der Waals surface area (Å²) in [4.78, 5) is 40.8. The molecule has 0 fully saturated rings. The van der Waals surface area contributed by atoms with Crippen LogP contribution in [0, 0.1) is 0 Å². The number of benzene rings is 2. The Kier molecular flexibility index (Phi) is 5.67. The number of furan rings is 1. The average molecular weight is 498 g/mol. The molecule has 3 aromatic rings. The molecule has 0 aliphatic carbocycles. The zero-order valence-corrected chi connectivity index (χ0v) is 21.4. The van der Waals surface area contributed by atoms with Crippen molar-refractivity contribution in [3.8, 4) is 5.75 Å². The molecule has 3 heterocycles. The van der Waals surface area contributed by atoms with Crippen LogP contribution in [0.4, 0.5) is 0 Å². The fourth-order valence-electron chi connectivity index (χ4n) is 4.67. The lowest BCUT2D eigenvalue weighted by atomic mass is 9.88. The second-order valence-corrected chi connectivity index (χ2v) is 10.2. The van der Waals surface area contributed by atoms with E-state index in [0.717, 1.165) is 17.2 Å². The van der Waals surface area contributed by atoms with E-state index >= 15 is 0 Å². The smallest absolute Gasteiger partial charge is 0.360 e. The molecule has 7 heteroatoms. The van der Waals surface area contributed by atoms with Gasteiger partial charge in [-0.2, -0.15) is 0 Å². The van der Waals surface area contributed by atoms with Crippen LogP contribution in [0.5, 0.6) is 5.75 Å². The van der Waals surface area contributed by atoms with Crippen molar-refractivity contribution in [3.05, 3.63) is 89.0 Å². The zero-order chi connectivity index (χ0) is 26.6. The standard InChI is InChI=1S/C30H27NO6/c1-16(2)23-14-19-13-21(17(3)32)28-25(27(19)35-23)26-20-10-8-7-9-18(20)11-12-31(26)22(29(34)36-28)15-24(33)37-30(4,5)6/h7-15,26H,1H2,2-6H3/b22-15+. The van der Waals surface area contributed by atoms with Crippen LogP contribution in [-0.4, -0.2) is 28.2 Å². The SMILES string of the molecule is C=C(C)c1cc2cc(C(C)=O)c3c(c2o1)C1c2ccccc2C=CN1/C(=C/C(=O)OC(C)(C)C)C(=O)O3. The van der Waals surface area contributed by atoms with Gasteiger partial charge in [-0.05, 0) is 69.5 Å². The molecule has 0 saturated carbocycles. The van der Waals surface area contributed by atoms with Crippen LogP contribution in [0.1, 0.15) is 73.5 Å². The molecule has 2 aliphatic rings. The highest BCUT2D eigenvalue weighted by molar-refractivity contribution is 6.06. The highest BCUT2D eigenvalue weighted by atomic mass is 16.6. The normalized spacial score (nSPS) is 17.5. The molecule has 2 aromatic carbocycles. The van der Waals surface area contributed by atoms with Crippen molar-refractivity contribution in [1.82, 2.24) is 4.90 Å². The Morgan fingerprint density at radius 3 is 2.54 bits per heavy atom. The number of Topliss-reactive ketones (excluding diaryl/α,β-unsaturated/α-hetero) is 1. The van der Waals surface area contributed by atoms with Crippen LogP contribution < -0.4 is 4.74 Å². The first-order chi connectivity index (χ1) is 17.4. The highest BCUT2D eigenvalue weighted by Crippen LogP contribution is 2.49. The lowest BCUT2D eigenvalue weighted by Crippen LogP contribution is -2.31. The molecule has 0 saturated heterocycles. The third-order valence-electron chi connectivity index (χ3n) is 6.19. The molecule has 0 amide bonds. The summed E-state index contributed by atoms with van der Waals surface area (Å²) in [5.41, 5.74) is 2.97. The summed E-state index contributed by atoms with van der Waals surface area (Å²) in [5, 5.41) is 0.685. The summed E-state index contributed by atoms with van der Waals surface area (Å²) in [6.07, 6.45) is 4.73. The number of ether oxygens (including phenoxy) is 2. The van der Waals surface area contributed by atoms with Gasteiger partial charge in [0.2, 0.25) is 0 Å². The fraction of sp³-hybridized carbons (Fsp3) is 0.233. The second kappa shape index (κ2) is 8.62. The van der Waals surface area contributed by atoms with E-state index in [2.05, 4.69) is 6.58 Å². The van der Waals surface area contributed by atoms with Crippen LogP contribution in [0.2, 0.25) is 0 Å². The molecular weight excluding hydrogens is 470 g/mol.